The van der Waals surface area contributed by atoms with E-state index in [1.807, 2.05) is 39.1 Å². The second-order valence-electron chi connectivity index (χ2n) is 7.00. The van der Waals surface area contributed by atoms with Gasteiger partial charge < -0.3 is 10.3 Å². The molecule has 3 heterocycles. The molecule has 0 atom stereocenters. The van der Waals surface area contributed by atoms with E-state index < -0.39 is 5.60 Å². The second kappa shape index (κ2) is 9.04. The summed E-state index contributed by atoms with van der Waals surface area (Å²) in [5, 5.41) is 18.4. The van der Waals surface area contributed by atoms with Crippen LogP contribution in [0.25, 0.3) is 11.0 Å². The highest BCUT2D eigenvalue weighted by Crippen LogP contribution is 2.19. The Morgan fingerprint density at radius 1 is 1.12 bits per heavy atom. The van der Waals surface area contributed by atoms with Gasteiger partial charge in [-0.2, -0.15) is 4.73 Å². The van der Waals surface area contributed by atoms with Crippen LogP contribution in [0.2, 0.25) is 0 Å². The van der Waals surface area contributed by atoms with Crippen LogP contribution in [0.5, 0.6) is 0 Å². The molecule has 2 aromatic heterocycles. The van der Waals surface area contributed by atoms with Crippen LogP contribution < -0.4 is 0 Å². The van der Waals surface area contributed by atoms with E-state index >= 15 is 0 Å². The number of nitrogens with zero attached hydrogens (tertiary/aromatic N) is 3. The number of aromatic nitrogens is 2. The molecule has 5 nitrogen and oxygen atoms in total. The van der Waals surface area contributed by atoms with E-state index in [9.17, 15) is 5.21 Å². The standard InChI is InChI=1S/C13H17N3O.C4H10O.C2H6/c1-10-6-12-13(16(10)17)7-11(8-14-12)9-15-4-2-3-5-15;1-4(2,3)5;1-2/h6-8,17H,2-5,9H2,1H3;5H,1-3H3;1-2H3. The number of hydrogen-bond donors (Lipinski definition) is 2. The van der Waals surface area contributed by atoms with Crippen molar-refractivity contribution in [2.24, 2.45) is 0 Å². The van der Waals surface area contributed by atoms with Crippen molar-refractivity contribution < 1.29 is 10.3 Å². The zero-order valence-electron chi connectivity index (χ0n) is 16.0. The number of hydrogen-bond acceptors (Lipinski definition) is 4. The summed E-state index contributed by atoms with van der Waals surface area (Å²) < 4.78 is 1.22. The van der Waals surface area contributed by atoms with Gasteiger partial charge in [0.05, 0.1) is 16.8 Å². The maximum atomic E-state index is 9.85. The predicted molar refractivity (Wildman–Crippen MR) is 99.5 cm³/mol. The summed E-state index contributed by atoms with van der Waals surface area (Å²) in [4.78, 5) is 6.83. The molecule has 1 fully saturated rings. The molecule has 2 aromatic rings. The Morgan fingerprint density at radius 2 is 1.67 bits per heavy atom. The summed E-state index contributed by atoms with van der Waals surface area (Å²) in [7, 11) is 0. The van der Waals surface area contributed by atoms with Crippen LogP contribution in [0.1, 0.15) is 58.7 Å². The third-order valence-electron chi connectivity index (χ3n) is 3.47. The molecule has 0 unspecified atom stereocenters. The van der Waals surface area contributed by atoms with E-state index in [2.05, 4.69) is 9.88 Å². The van der Waals surface area contributed by atoms with E-state index in [1.54, 1.807) is 20.8 Å². The van der Waals surface area contributed by atoms with Crippen molar-refractivity contribution in [3.63, 3.8) is 0 Å². The molecule has 2 N–H and O–H groups in total. The van der Waals surface area contributed by atoms with E-state index in [4.69, 9.17) is 5.11 Å². The van der Waals surface area contributed by atoms with Crippen LogP contribution in [0, 0.1) is 6.92 Å². The van der Waals surface area contributed by atoms with Gasteiger partial charge in [-0.15, -0.1) is 0 Å². The van der Waals surface area contributed by atoms with Crippen molar-refractivity contribution >= 4 is 11.0 Å². The van der Waals surface area contributed by atoms with Crippen LogP contribution in [0.3, 0.4) is 0 Å². The summed E-state index contributed by atoms with van der Waals surface area (Å²) in [6.45, 7) is 14.4. The molecule has 0 bridgehead atoms. The monoisotopic (exact) mass is 335 g/mol. The molecule has 1 aliphatic rings. The van der Waals surface area contributed by atoms with E-state index in [-0.39, 0.29) is 0 Å². The lowest BCUT2D eigenvalue weighted by atomic mass is 10.2. The van der Waals surface area contributed by atoms with Crippen molar-refractivity contribution in [1.29, 1.82) is 0 Å². The fourth-order valence-corrected chi connectivity index (χ4v) is 2.52. The maximum absolute atomic E-state index is 9.85. The van der Waals surface area contributed by atoms with Crippen LogP contribution in [0.15, 0.2) is 18.3 Å². The molecule has 0 amide bonds. The zero-order chi connectivity index (χ0) is 18.3. The smallest absolute Gasteiger partial charge is 0.106 e. The highest BCUT2D eigenvalue weighted by Gasteiger charge is 2.13. The Kier molecular flexibility index (Phi) is 7.70. The molecule has 0 radical (unpaired) electrons. The summed E-state index contributed by atoms with van der Waals surface area (Å²) in [6.07, 6.45) is 4.51. The Hall–Kier alpha value is -1.59. The quantitative estimate of drug-likeness (QED) is 0.815. The van der Waals surface area contributed by atoms with Crippen molar-refractivity contribution in [2.45, 2.75) is 66.5 Å². The van der Waals surface area contributed by atoms with E-state index in [1.165, 1.54) is 36.2 Å². The molecule has 0 aromatic carbocycles. The third-order valence-corrected chi connectivity index (χ3v) is 3.47. The van der Waals surface area contributed by atoms with E-state index in [0.717, 1.165) is 23.3 Å². The molecular weight excluding hydrogens is 302 g/mol. The first-order valence-electron chi connectivity index (χ1n) is 8.85. The Morgan fingerprint density at radius 3 is 2.21 bits per heavy atom. The van der Waals surface area contributed by atoms with Gasteiger partial charge in [0.25, 0.3) is 0 Å². The average Bonchev–Trinajstić information content (AvgIpc) is 3.10. The van der Waals surface area contributed by atoms with Crippen molar-refractivity contribution in [3.8, 4) is 0 Å². The summed E-state index contributed by atoms with van der Waals surface area (Å²) >= 11 is 0. The van der Waals surface area contributed by atoms with Gasteiger partial charge in [0.2, 0.25) is 0 Å². The molecule has 24 heavy (non-hydrogen) atoms. The van der Waals surface area contributed by atoms with Gasteiger partial charge in [0.15, 0.2) is 0 Å². The van der Waals surface area contributed by atoms with Crippen molar-refractivity contribution in [2.75, 3.05) is 13.1 Å². The van der Waals surface area contributed by atoms with Gasteiger partial charge in [0, 0.05) is 12.7 Å². The summed E-state index contributed by atoms with van der Waals surface area (Å²) in [5.41, 5.74) is 3.16. The minimum absolute atomic E-state index is 0.500. The molecule has 1 aliphatic heterocycles. The fourth-order valence-electron chi connectivity index (χ4n) is 2.52. The highest BCUT2D eigenvalue weighted by molar-refractivity contribution is 5.77. The Balaban J connectivity index is 0.000000356. The van der Waals surface area contributed by atoms with Gasteiger partial charge in [-0.05, 0) is 71.3 Å². The number of rotatable bonds is 2. The van der Waals surface area contributed by atoms with Crippen LogP contribution in [-0.2, 0) is 6.54 Å². The minimum Gasteiger partial charge on any atom is -0.428 e. The maximum Gasteiger partial charge on any atom is 0.106 e. The number of likely N-dealkylation sites (tertiary alicyclic amines) is 1. The molecular formula is C19H33N3O2. The van der Waals surface area contributed by atoms with Gasteiger partial charge >= 0.3 is 0 Å². The van der Waals surface area contributed by atoms with Crippen LogP contribution in [-0.4, -0.2) is 43.6 Å². The normalized spacial score (nSPS) is 14.8. The molecule has 0 aliphatic carbocycles. The SMILES string of the molecule is CC.CC(C)(C)O.Cc1cc2ncc(CN3CCCC3)cc2n1O. The highest BCUT2D eigenvalue weighted by atomic mass is 16.5. The predicted octanol–water partition coefficient (Wildman–Crippen LogP) is 3.98. The molecule has 136 valence electrons. The topological polar surface area (TPSA) is 61.5 Å². The number of aliphatic hydroxyl groups is 1. The average molecular weight is 335 g/mol. The van der Waals surface area contributed by atoms with Crippen molar-refractivity contribution in [3.05, 3.63) is 29.6 Å². The third kappa shape index (κ3) is 6.49. The molecule has 0 spiro atoms. The molecule has 3 rings (SSSR count). The molecule has 0 saturated carbocycles. The minimum atomic E-state index is -0.500. The van der Waals surface area contributed by atoms with E-state index in [0.29, 0.717) is 0 Å². The number of pyridine rings is 1. The first kappa shape index (κ1) is 20.5. The lowest BCUT2D eigenvalue weighted by molar-refractivity contribution is 0.102. The van der Waals surface area contributed by atoms with Crippen LogP contribution >= 0.6 is 0 Å². The fraction of sp³-hybridized carbons (Fsp3) is 0.632. The largest absolute Gasteiger partial charge is 0.428 e. The second-order valence-corrected chi connectivity index (χ2v) is 7.00. The summed E-state index contributed by atoms with van der Waals surface area (Å²) in [6, 6.07) is 3.93. The lowest BCUT2D eigenvalue weighted by Gasteiger charge is -2.14. The van der Waals surface area contributed by atoms with Gasteiger partial charge in [0.1, 0.15) is 5.52 Å². The number of fused-ring (bicyclic) bond motifs is 1. The van der Waals surface area contributed by atoms with Gasteiger partial charge in [-0.1, -0.05) is 13.8 Å². The van der Waals surface area contributed by atoms with Gasteiger partial charge in [-0.25, -0.2) is 0 Å². The first-order chi connectivity index (χ1) is 11.2. The van der Waals surface area contributed by atoms with Gasteiger partial charge in [-0.3, -0.25) is 9.88 Å². The zero-order valence-corrected chi connectivity index (χ0v) is 16.0. The van der Waals surface area contributed by atoms with Crippen LogP contribution in [0.4, 0.5) is 0 Å². The Bertz CT molecular complexity index is 617. The summed E-state index contributed by atoms with van der Waals surface area (Å²) in [5.74, 6) is 0. The first-order valence-corrected chi connectivity index (χ1v) is 8.85. The molecule has 5 heteroatoms. The molecule has 1 saturated heterocycles. The lowest BCUT2D eigenvalue weighted by Crippen LogP contribution is -2.18. The number of aryl methyl sites for hydroxylation is 1. The van der Waals surface area contributed by atoms with Crippen molar-refractivity contribution in [1.82, 2.24) is 14.6 Å². The Labute approximate surface area is 145 Å².